The van der Waals surface area contributed by atoms with E-state index in [9.17, 15) is 19.2 Å². The van der Waals surface area contributed by atoms with Gasteiger partial charge in [-0.25, -0.2) is 0 Å². The molecule has 0 aromatic rings. The third-order valence-electron chi connectivity index (χ3n) is 7.52. The summed E-state index contributed by atoms with van der Waals surface area (Å²) in [5.74, 6) is -0.417. The summed E-state index contributed by atoms with van der Waals surface area (Å²) in [5, 5.41) is 0. The topological polar surface area (TPSA) is 209 Å². The predicted molar refractivity (Wildman–Crippen MR) is 131 cm³/mol. The highest BCUT2D eigenvalue weighted by Crippen LogP contribution is 2.21. The maximum absolute atomic E-state index is 10.6. The second-order valence-electron chi connectivity index (χ2n) is 10.1. The van der Waals surface area contributed by atoms with Crippen molar-refractivity contribution in [3.8, 4) is 0 Å². The number of cyclic esters (lactones) is 4. The summed E-state index contributed by atoms with van der Waals surface area (Å²) < 4.78 is 19.3. The van der Waals surface area contributed by atoms with Crippen LogP contribution in [-0.2, 0) is 38.1 Å². The Kier molecular flexibility index (Phi) is 11.7. The zero-order chi connectivity index (χ0) is 28.1. The van der Waals surface area contributed by atoms with Gasteiger partial charge in [0, 0.05) is 23.7 Å². The average molecular weight is 517 g/mol. The number of carbonyl (C=O) groups is 4. The summed E-state index contributed by atoms with van der Waals surface area (Å²) in [6.07, 6.45) is -0.0278. The molecule has 12 heteroatoms. The summed E-state index contributed by atoms with van der Waals surface area (Å²) in [4.78, 5) is 42.6. The Morgan fingerprint density at radius 2 is 0.528 bits per heavy atom. The molecule has 12 atom stereocenters. The number of nitrogens with two attached hydrogens (primary N) is 4. The molecule has 0 spiro atoms. The van der Waals surface area contributed by atoms with Crippen LogP contribution in [0.3, 0.4) is 0 Å². The molecule has 0 aliphatic carbocycles. The first-order chi connectivity index (χ1) is 16.5. The lowest BCUT2D eigenvalue weighted by atomic mass is 10.0. The van der Waals surface area contributed by atoms with Crippen molar-refractivity contribution in [3.63, 3.8) is 0 Å². The summed E-state index contributed by atoms with van der Waals surface area (Å²) >= 11 is 0. The van der Waals surface area contributed by atoms with Crippen molar-refractivity contribution in [2.45, 2.75) is 104 Å². The highest BCUT2D eigenvalue weighted by molar-refractivity contribution is 5.79. The van der Waals surface area contributed by atoms with E-state index in [1.165, 1.54) is 0 Å². The van der Waals surface area contributed by atoms with E-state index in [0.717, 1.165) is 0 Å². The number of hydrogen-bond acceptors (Lipinski definition) is 12. The molecule has 4 aliphatic rings. The first kappa shape index (κ1) is 31.7. The molecule has 0 radical (unpaired) electrons. The first-order valence-electron chi connectivity index (χ1n) is 12.3. The van der Waals surface area contributed by atoms with Gasteiger partial charge >= 0.3 is 23.9 Å². The molecule has 4 fully saturated rings. The van der Waals surface area contributed by atoms with Crippen molar-refractivity contribution in [3.05, 3.63) is 0 Å². The average Bonchev–Trinajstić information content (AvgIpc) is 3.37. The van der Waals surface area contributed by atoms with Gasteiger partial charge in [-0.2, -0.15) is 0 Å². The lowest BCUT2D eigenvalue weighted by Gasteiger charge is -2.06. The van der Waals surface area contributed by atoms with Gasteiger partial charge in [0.15, 0.2) is 0 Å². The van der Waals surface area contributed by atoms with Crippen LogP contribution in [0.15, 0.2) is 0 Å². The normalized spacial score (nSPS) is 43.0. The minimum Gasteiger partial charge on any atom is -0.461 e. The second-order valence-corrected chi connectivity index (χ2v) is 10.1. The van der Waals surface area contributed by atoms with Crippen LogP contribution in [0.25, 0.3) is 0 Å². The van der Waals surface area contributed by atoms with Crippen molar-refractivity contribution in [2.75, 3.05) is 0 Å². The fourth-order valence-electron chi connectivity index (χ4n) is 3.50. The van der Waals surface area contributed by atoms with Crippen LogP contribution in [0.1, 0.15) is 55.4 Å². The van der Waals surface area contributed by atoms with Crippen LogP contribution in [0, 0.1) is 23.7 Å². The second kappa shape index (κ2) is 13.3. The van der Waals surface area contributed by atoms with Gasteiger partial charge in [-0.15, -0.1) is 0 Å². The molecule has 8 N–H and O–H groups in total. The Morgan fingerprint density at radius 1 is 0.389 bits per heavy atom. The van der Waals surface area contributed by atoms with Crippen molar-refractivity contribution in [2.24, 2.45) is 46.6 Å². The van der Waals surface area contributed by atoms with Gasteiger partial charge in [0.25, 0.3) is 0 Å². The fourth-order valence-corrected chi connectivity index (χ4v) is 3.50. The largest absolute Gasteiger partial charge is 0.461 e. The van der Waals surface area contributed by atoms with E-state index >= 15 is 0 Å². The molecular weight excluding hydrogens is 472 g/mol. The summed E-state index contributed by atoms with van der Waals surface area (Å²) in [7, 11) is 0. The van der Waals surface area contributed by atoms with Gasteiger partial charge in [0.05, 0.1) is 0 Å². The standard InChI is InChI=1S/4C6H11NO2/c4*1-3-4(2)9-6(8)5(3)7/h4*3-5H,7H2,1-2H3/t3-,4+,5+;3-,4+,5-;3-,4-,5+;3-,4-,5-/m0101/s1. The third kappa shape index (κ3) is 7.86. The maximum atomic E-state index is 10.6. The molecule has 4 saturated heterocycles. The van der Waals surface area contributed by atoms with Crippen LogP contribution >= 0.6 is 0 Å². The van der Waals surface area contributed by atoms with Gasteiger partial charge < -0.3 is 41.9 Å². The smallest absolute Gasteiger partial charge is 0.323 e. The molecule has 4 heterocycles. The van der Waals surface area contributed by atoms with Crippen molar-refractivity contribution in [1.82, 2.24) is 0 Å². The van der Waals surface area contributed by atoms with Crippen LogP contribution in [0.5, 0.6) is 0 Å². The summed E-state index contributed by atoms with van der Waals surface area (Å²) in [6.45, 7) is 15.1. The molecule has 12 nitrogen and oxygen atoms in total. The van der Waals surface area contributed by atoms with Crippen LogP contribution in [-0.4, -0.2) is 72.5 Å². The molecule has 0 aromatic heterocycles. The summed E-state index contributed by atoms with van der Waals surface area (Å²) in [6, 6.07) is -1.61. The molecule has 4 aliphatic heterocycles. The highest BCUT2D eigenvalue weighted by Gasteiger charge is 2.38. The van der Waals surface area contributed by atoms with E-state index in [2.05, 4.69) is 0 Å². The van der Waals surface area contributed by atoms with Crippen molar-refractivity contribution >= 4 is 23.9 Å². The number of hydrogen-bond donors (Lipinski definition) is 4. The van der Waals surface area contributed by atoms with E-state index in [1.807, 2.05) is 55.4 Å². The predicted octanol–water partition coefficient (Wildman–Crippen LogP) is -0.420. The first-order valence-corrected chi connectivity index (χ1v) is 12.3. The highest BCUT2D eigenvalue weighted by atomic mass is 16.6. The lowest BCUT2D eigenvalue weighted by Crippen LogP contribution is -2.31. The minimum absolute atomic E-state index is 0.00694. The van der Waals surface area contributed by atoms with Crippen LogP contribution in [0.4, 0.5) is 0 Å². The number of ether oxygens (including phenoxy) is 4. The molecule has 0 unspecified atom stereocenters. The molecule has 0 aromatic carbocycles. The van der Waals surface area contributed by atoms with Gasteiger partial charge in [-0.05, 0) is 27.7 Å². The quantitative estimate of drug-likeness (QED) is 0.239. The molecule has 36 heavy (non-hydrogen) atoms. The Hall–Kier alpha value is -2.28. The molecule has 0 bridgehead atoms. The fraction of sp³-hybridized carbons (Fsp3) is 0.833. The zero-order valence-corrected chi connectivity index (χ0v) is 22.5. The Bertz CT molecular complexity index is 668. The Labute approximate surface area is 213 Å². The monoisotopic (exact) mass is 516 g/mol. The van der Waals surface area contributed by atoms with Gasteiger partial charge in [-0.1, -0.05) is 27.7 Å². The van der Waals surface area contributed by atoms with Crippen LogP contribution in [0.2, 0.25) is 0 Å². The zero-order valence-electron chi connectivity index (χ0n) is 22.5. The van der Waals surface area contributed by atoms with Gasteiger partial charge in [0.1, 0.15) is 48.6 Å². The Morgan fingerprint density at radius 3 is 0.556 bits per heavy atom. The van der Waals surface area contributed by atoms with Gasteiger partial charge in [-0.3, -0.25) is 19.2 Å². The lowest BCUT2D eigenvalue weighted by molar-refractivity contribution is -0.142. The Balaban J connectivity index is 0.000000240. The van der Waals surface area contributed by atoms with Crippen LogP contribution < -0.4 is 22.9 Å². The molecule has 0 amide bonds. The molecule has 208 valence electrons. The van der Waals surface area contributed by atoms with Gasteiger partial charge in [0.2, 0.25) is 0 Å². The third-order valence-corrected chi connectivity index (χ3v) is 7.52. The summed E-state index contributed by atoms with van der Waals surface area (Å²) in [5.41, 5.74) is 21.8. The number of rotatable bonds is 0. The molecule has 4 rings (SSSR count). The molecule has 0 saturated carbocycles. The van der Waals surface area contributed by atoms with E-state index in [4.69, 9.17) is 41.9 Å². The minimum atomic E-state index is -0.403. The SMILES string of the molecule is C[C@@H]1[C@@H](C)OC(=O)[C@@H]1N.C[C@@H]1[C@H](C)OC(=O)[C@@H]1N.C[C@H]1[C@@H](C)OC(=O)[C@@H]1N.C[C@H]1[C@H](C)OC(=O)[C@@H]1N. The maximum Gasteiger partial charge on any atom is 0.323 e. The van der Waals surface area contributed by atoms with E-state index < -0.39 is 24.2 Å². The van der Waals surface area contributed by atoms with E-state index in [-0.39, 0.29) is 72.0 Å². The number of carbonyl (C=O) groups excluding carboxylic acids is 4. The van der Waals surface area contributed by atoms with Crippen molar-refractivity contribution in [1.29, 1.82) is 0 Å². The number of esters is 4. The van der Waals surface area contributed by atoms with E-state index in [1.54, 1.807) is 0 Å². The molecular formula is C24H44N4O8. The van der Waals surface area contributed by atoms with Crippen molar-refractivity contribution < 1.29 is 38.1 Å². The van der Waals surface area contributed by atoms with E-state index in [0.29, 0.717) is 0 Å².